The lowest BCUT2D eigenvalue weighted by Crippen LogP contribution is -2.51. The number of hydrogen-bond acceptors (Lipinski definition) is 17. The Kier molecular flexibility index (Phi) is 18.2. The van der Waals surface area contributed by atoms with Crippen molar-refractivity contribution in [1.29, 1.82) is 5.26 Å². The fourth-order valence-electron chi connectivity index (χ4n) is 5.32. The van der Waals surface area contributed by atoms with Crippen LogP contribution >= 0.6 is 46.7 Å². The van der Waals surface area contributed by atoms with E-state index in [0.717, 1.165) is 24.3 Å². The number of nitrogen functional groups attached to an aromatic ring is 1. The van der Waals surface area contributed by atoms with Crippen molar-refractivity contribution >= 4 is 69.4 Å². The number of nitrogens with two attached hydrogens (primary N) is 1. The van der Waals surface area contributed by atoms with Gasteiger partial charge in [-0.05, 0) is 12.8 Å². The third-order valence-corrected chi connectivity index (χ3v) is 10.4. The Morgan fingerprint density at radius 1 is 0.827 bits per heavy atom. The highest BCUT2D eigenvalue weighted by atomic mass is 35.5. The van der Waals surface area contributed by atoms with E-state index in [4.69, 9.17) is 53.1 Å². The van der Waals surface area contributed by atoms with Crippen molar-refractivity contribution in [3.05, 3.63) is 34.6 Å². The first-order valence-corrected chi connectivity index (χ1v) is 19.0. The van der Waals surface area contributed by atoms with Crippen molar-refractivity contribution in [2.24, 2.45) is 0 Å². The van der Waals surface area contributed by atoms with Gasteiger partial charge in [0.1, 0.15) is 48.4 Å². The van der Waals surface area contributed by atoms with Crippen LogP contribution in [0.5, 0.6) is 0 Å². The average Bonchev–Trinajstić information content (AvgIpc) is 3.57. The van der Waals surface area contributed by atoms with Crippen LogP contribution in [0.2, 0.25) is 10.3 Å². The molecule has 0 unspecified atom stereocenters. The van der Waals surface area contributed by atoms with Crippen LogP contribution in [0.4, 0.5) is 11.5 Å². The average molecular weight is 802 g/mol. The highest BCUT2D eigenvalue weighted by molar-refractivity contribution is 7.99. The standard InChI is InChI=1S/C15H20ClN5O3S.C15H23ClN4O3S.C2H3N/c1-4-7-25-15-17-13(16)10-14(18-15)21(20-19-10)8-5-6-9(22)12(24-3)11(8)23-2;1-4-7-24-15-19-13(16)10(17)14(20-15)18-8-5-6-9(21)12(23-3)11(8)22-2;1-2-3/h5-6,8-9,11-12,22H,4,7H2,1-3H3;5-6,8-9,11-12,21H,4,7,17H2,1-3H3,(H,18,19,20);1H3/t2*8-,9+,11+,12-;/m11./s1. The number of aliphatic hydroxyl groups is 2. The summed E-state index contributed by atoms with van der Waals surface area (Å²) >= 11 is 15.4. The fraction of sp³-hybridized carbons (Fsp3) is 0.594. The molecule has 0 aromatic carbocycles. The first kappa shape index (κ1) is 43.6. The third-order valence-electron chi connectivity index (χ3n) is 7.72. The summed E-state index contributed by atoms with van der Waals surface area (Å²) in [7, 11) is 6.20. The Morgan fingerprint density at radius 3 is 1.90 bits per heavy atom. The smallest absolute Gasteiger partial charge is 0.191 e. The molecular formula is C32H46Cl2N10O6S2. The second kappa shape index (κ2) is 21.8. The fourth-order valence-corrected chi connectivity index (χ4v) is 7.19. The second-order valence-electron chi connectivity index (χ2n) is 11.2. The van der Waals surface area contributed by atoms with Crippen molar-refractivity contribution in [2.75, 3.05) is 51.0 Å². The largest absolute Gasteiger partial charge is 0.393 e. The molecule has 3 aromatic rings. The van der Waals surface area contributed by atoms with Gasteiger partial charge in [-0.2, -0.15) is 5.26 Å². The Balaban J connectivity index is 0.000000261. The lowest BCUT2D eigenvalue weighted by Gasteiger charge is -2.36. The molecule has 286 valence electrons. The van der Waals surface area contributed by atoms with Crippen LogP contribution in [-0.4, -0.2) is 128 Å². The topological polar surface area (TPSA) is 221 Å². The van der Waals surface area contributed by atoms with E-state index >= 15 is 0 Å². The van der Waals surface area contributed by atoms with Crippen LogP contribution in [0.3, 0.4) is 0 Å². The highest BCUT2D eigenvalue weighted by Crippen LogP contribution is 2.32. The number of ether oxygens (including phenoxy) is 4. The molecule has 8 atom stereocenters. The molecule has 2 aliphatic rings. The first-order valence-electron chi connectivity index (χ1n) is 16.3. The van der Waals surface area contributed by atoms with Gasteiger partial charge >= 0.3 is 0 Å². The third kappa shape index (κ3) is 10.9. The number of nitrogens with one attached hydrogen (secondary N) is 1. The van der Waals surface area contributed by atoms with Crippen molar-refractivity contribution in [3.63, 3.8) is 0 Å². The van der Waals surface area contributed by atoms with E-state index in [1.165, 1.54) is 44.7 Å². The molecule has 20 heteroatoms. The summed E-state index contributed by atoms with van der Waals surface area (Å²) < 4.78 is 23.4. The molecule has 0 bridgehead atoms. The van der Waals surface area contributed by atoms with Crippen molar-refractivity contribution in [2.45, 2.75) is 92.6 Å². The molecule has 0 fully saturated rings. The number of aliphatic hydroxyl groups excluding tert-OH is 2. The maximum absolute atomic E-state index is 10.1. The van der Waals surface area contributed by atoms with Gasteiger partial charge in [0.15, 0.2) is 37.6 Å². The van der Waals surface area contributed by atoms with Gasteiger partial charge in [0.05, 0.1) is 12.1 Å². The van der Waals surface area contributed by atoms with Gasteiger partial charge in [-0.15, -0.1) is 5.10 Å². The number of fused-ring (bicyclic) bond motifs is 1. The maximum Gasteiger partial charge on any atom is 0.191 e. The summed E-state index contributed by atoms with van der Waals surface area (Å²) in [4.78, 5) is 17.5. The minimum atomic E-state index is -0.755. The van der Waals surface area contributed by atoms with Crippen LogP contribution in [0.1, 0.15) is 39.7 Å². The van der Waals surface area contributed by atoms with Crippen LogP contribution < -0.4 is 11.1 Å². The number of hydrogen-bond donors (Lipinski definition) is 4. The van der Waals surface area contributed by atoms with Gasteiger partial charge in [-0.3, -0.25) is 0 Å². The lowest BCUT2D eigenvalue weighted by atomic mass is 9.93. The second-order valence-corrected chi connectivity index (χ2v) is 14.0. The summed E-state index contributed by atoms with van der Waals surface area (Å²) in [5, 5.41) is 40.6. The van der Waals surface area contributed by atoms with Crippen molar-refractivity contribution in [1.82, 2.24) is 34.9 Å². The molecule has 52 heavy (non-hydrogen) atoms. The molecule has 0 spiro atoms. The van der Waals surface area contributed by atoms with Crippen molar-refractivity contribution < 1.29 is 29.2 Å². The molecule has 0 radical (unpaired) electrons. The number of nitriles is 1. The molecule has 16 nitrogen and oxygen atoms in total. The van der Waals surface area contributed by atoms with Crippen molar-refractivity contribution in [3.8, 4) is 6.07 Å². The summed E-state index contributed by atoms with van der Waals surface area (Å²) in [6.45, 7) is 5.60. The van der Waals surface area contributed by atoms with Gasteiger partial charge in [-0.1, -0.05) is 90.1 Å². The predicted octanol–water partition coefficient (Wildman–Crippen LogP) is 4.36. The Morgan fingerprint density at radius 2 is 1.35 bits per heavy atom. The highest BCUT2D eigenvalue weighted by Gasteiger charge is 2.39. The summed E-state index contributed by atoms with van der Waals surface area (Å²) in [5.74, 6) is 2.23. The molecule has 0 saturated carbocycles. The van der Waals surface area contributed by atoms with E-state index in [1.807, 2.05) is 12.2 Å². The molecule has 0 saturated heterocycles. The number of rotatable bonds is 13. The Hall–Kier alpha value is -2.83. The molecule has 5 rings (SSSR count). The van der Waals surface area contributed by atoms with Crippen LogP contribution in [0, 0.1) is 11.3 Å². The number of halogens is 2. The van der Waals surface area contributed by atoms with Gasteiger partial charge in [0, 0.05) is 46.9 Å². The summed E-state index contributed by atoms with van der Waals surface area (Å²) in [6, 6.07) is 1.14. The van der Waals surface area contributed by atoms with E-state index in [1.54, 1.807) is 37.1 Å². The van der Waals surface area contributed by atoms with Gasteiger partial charge < -0.3 is 40.2 Å². The Bertz CT molecular complexity index is 1680. The number of nitrogens with zero attached hydrogens (tertiary/aromatic N) is 8. The minimum Gasteiger partial charge on any atom is -0.393 e. The van der Waals surface area contributed by atoms with E-state index in [2.05, 4.69) is 49.4 Å². The molecule has 3 heterocycles. The zero-order valence-corrected chi connectivity index (χ0v) is 33.2. The molecule has 3 aromatic heterocycles. The first-order chi connectivity index (χ1) is 25.0. The normalized spacial score (nSPS) is 25.1. The summed E-state index contributed by atoms with van der Waals surface area (Å²) in [5.41, 5.74) is 7.25. The number of anilines is 2. The number of methoxy groups -OCH3 is 4. The maximum atomic E-state index is 10.1. The summed E-state index contributed by atoms with van der Waals surface area (Å²) in [6.07, 6.45) is 5.59. The van der Waals surface area contributed by atoms with Gasteiger partial charge in [-0.25, -0.2) is 24.6 Å². The van der Waals surface area contributed by atoms with Gasteiger partial charge in [0.2, 0.25) is 0 Å². The zero-order chi connectivity index (χ0) is 38.4. The van der Waals surface area contributed by atoms with Crippen LogP contribution in [-0.2, 0) is 18.9 Å². The van der Waals surface area contributed by atoms with E-state index < -0.39 is 36.6 Å². The van der Waals surface area contributed by atoms with Crippen LogP contribution in [0.15, 0.2) is 34.6 Å². The number of aromatic nitrogens is 7. The van der Waals surface area contributed by atoms with E-state index in [0.29, 0.717) is 27.3 Å². The van der Waals surface area contributed by atoms with E-state index in [-0.39, 0.29) is 28.1 Å². The molecule has 2 aliphatic carbocycles. The number of thioether (sulfide) groups is 2. The van der Waals surface area contributed by atoms with E-state index in [9.17, 15) is 10.2 Å². The molecule has 0 aliphatic heterocycles. The predicted molar refractivity (Wildman–Crippen MR) is 203 cm³/mol. The molecule has 5 N–H and O–H groups in total. The lowest BCUT2D eigenvalue weighted by molar-refractivity contribution is -0.101. The van der Waals surface area contributed by atoms with Gasteiger partial charge in [0.25, 0.3) is 0 Å². The molecule has 0 amide bonds. The SMILES string of the molecule is CC#N.CCCSc1nc(Cl)c(N)c(N[C@@H]2C=C[C@H](O)[C@@H](OC)[C@H]2OC)n1.CCCSc1nc(Cl)c2nnn([C@@H]3C=C[C@H](O)[C@@H](OC)[C@H]3OC)c2n1. The molecular weight excluding hydrogens is 755 g/mol. The minimum absolute atomic E-state index is 0.211. The zero-order valence-electron chi connectivity index (χ0n) is 30.0. The monoisotopic (exact) mass is 800 g/mol. The Labute approximate surface area is 321 Å². The van der Waals surface area contributed by atoms with Crippen LogP contribution in [0.25, 0.3) is 11.2 Å². The quantitative estimate of drug-likeness (QED) is 0.0816.